The fourth-order valence-corrected chi connectivity index (χ4v) is 2.42. The van der Waals surface area contributed by atoms with Crippen molar-refractivity contribution < 1.29 is 9.53 Å². The average molecular weight is 288 g/mol. The predicted molar refractivity (Wildman–Crippen MR) is 81.8 cm³/mol. The first-order valence-electron chi connectivity index (χ1n) is 6.28. The Kier molecular flexibility index (Phi) is 4.90. The number of amides is 1. The van der Waals surface area contributed by atoms with Crippen LogP contribution in [0.3, 0.4) is 0 Å². The number of rotatable bonds is 5. The molecule has 20 heavy (non-hydrogen) atoms. The van der Waals surface area contributed by atoms with Crippen LogP contribution in [0.25, 0.3) is 16.6 Å². The van der Waals surface area contributed by atoms with E-state index in [-0.39, 0.29) is 5.91 Å². The van der Waals surface area contributed by atoms with Crippen molar-refractivity contribution >= 4 is 23.3 Å². The second-order valence-electron chi connectivity index (χ2n) is 4.03. The molecule has 2 rings (SSSR count). The van der Waals surface area contributed by atoms with Crippen LogP contribution in [0.4, 0.5) is 0 Å². The quantitative estimate of drug-likeness (QED) is 0.861. The van der Waals surface area contributed by atoms with Crippen molar-refractivity contribution in [2.75, 3.05) is 13.7 Å². The van der Waals surface area contributed by atoms with Crippen molar-refractivity contribution in [1.29, 1.82) is 0 Å². The van der Waals surface area contributed by atoms with Crippen LogP contribution in [0.5, 0.6) is 5.75 Å². The topological polar surface area (TPSA) is 51.2 Å². The van der Waals surface area contributed by atoms with Gasteiger partial charge in [-0.2, -0.15) is 0 Å². The minimum absolute atomic E-state index is 0.105. The van der Waals surface area contributed by atoms with Crippen molar-refractivity contribution in [3.63, 3.8) is 0 Å². The smallest absolute Gasteiger partial charge is 0.244 e. The summed E-state index contributed by atoms with van der Waals surface area (Å²) in [6.07, 6.45) is 3.21. The molecule has 104 valence electrons. The predicted octanol–water partition coefficient (Wildman–Crippen LogP) is 2.97. The lowest BCUT2D eigenvalue weighted by Crippen LogP contribution is -2.19. The molecule has 0 aliphatic heterocycles. The second kappa shape index (κ2) is 6.86. The van der Waals surface area contributed by atoms with Crippen LogP contribution in [-0.2, 0) is 4.79 Å². The van der Waals surface area contributed by atoms with Crippen LogP contribution in [0.2, 0.25) is 0 Å². The van der Waals surface area contributed by atoms with Gasteiger partial charge in [-0.3, -0.25) is 4.79 Å². The van der Waals surface area contributed by atoms with E-state index >= 15 is 0 Å². The van der Waals surface area contributed by atoms with Gasteiger partial charge in [0, 0.05) is 23.6 Å². The Labute approximate surface area is 122 Å². The Hall–Kier alpha value is -2.14. The molecular weight excluding hydrogens is 272 g/mol. The zero-order valence-corrected chi connectivity index (χ0v) is 12.2. The molecule has 0 aliphatic carbocycles. The van der Waals surface area contributed by atoms with Crippen molar-refractivity contribution in [3.8, 4) is 16.3 Å². The van der Waals surface area contributed by atoms with Gasteiger partial charge >= 0.3 is 0 Å². The van der Waals surface area contributed by atoms with E-state index in [1.165, 1.54) is 6.08 Å². The molecule has 0 spiro atoms. The number of hydrogen-bond donors (Lipinski definition) is 1. The molecule has 1 N–H and O–H groups in total. The van der Waals surface area contributed by atoms with E-state index in [1.807, 2.05) is 36.6 Å². The van der Waals surface area contributed by atoms with Crippen LogP contribution >= 0.6 is 11.3 Å². The Morgan fingerprint density at radius 1 is 1.40 bits per heavy atom. The summed E-state index contributed by atoms with van der Waals surface area (Å²) in [4.78, 5) is 15.8. The number of carbonyl (C=O) groups excluding carboxylic acids is 1. The van der Waals surface area contributed by atoms with Gasteiger partial charge in [-0.25, -0.2) is 4.98 Å². The number of likely N-dealkylation sites (N-methyl/N-ethyl adjacent to an activating group) is 1. The van der Waals surface area contributed by atoms with E-state index in [2.05, 4.69) is 10.3 Å². The summed E-state index contributed by atoms with van der Waals surface area (Å²) < 4.78 is 5.13. The monoisotopic (exact) mass is 288 g/mol. The number of carbonyl (C=O) groups is 1. The molecule has 4 nitrogen and oxygen atoms in total. The molecule has 0 aliphatic rings. The molecule has 0 atom stereocenters. The van der Waals surface area contributed by atoms with E-state index in [9.17, 15) is 4.79 Å². The average Bonchev–Trinajstić information content (AvgIpc) is 2.94. The van der Waals surface area contributed by atoms with Crippen LogP contribution in [0.1, 0.15) is 12.6 Å². The lowest BCUT2D eigenvalue weighted by Gasteiger charge is -1.99. The van der Waals surface area contributed by atoms with Gasteiger partial charge in [0.1, 0.15) is 10.8 Å². The number of nitrogens with zero attached hydrogens (tertiary/aromatic N) is 1. The molecule has 1 amide bonds. The number of ether oxygens (including phenoxy) is 1. The minimum Gasteiger partial charge on any atom is -0.497 e. The summed E-state index contributed by atoms with van der Waals surface area (Å²) in [5, 5.41) is 5.55. The molecule has 0 fully saturated rings. The zero-order chi connectivity index (χ0) is 14.4. The lowest BCUT2D eigenvalue weighted by molar-refractivity contribution is -0.116. The number of hydrogen-bond acceptors (Lipinski definition) is 4. The maximum Gasteiger partial charge on any atom is 0.244 e. The second-order valence-corrected chi connectivity index (χ2v) is 4.89. The molecule has 0 saturated carbocycles. The zero-order valence-electron chi connectivity index (χ0n) is 11.4. The summed E-state index contributed by atoms with van der Waals surface area (Å²) in [5.74, 6) is 0.716. The van der Waals surface area contributed by atoms with Crippen LogP contribution in [0.15, 0.2) is 35.7 Å². The Balaban J connectivity index is 2.09. The fraction of sp³-hybridized carbons (Fsp3) is 0.200. The van der Waals surface area contributed by atoms with Crippen molar-refractivity contribution in [2.24, 2.45) is 0 Å². The van der Waals surface area contributed by atoms with Gasteiger partial charge in [0.25, 0.3) is 0 Å². The molecule has 0 bridgehead atoms. The van der Waals surface area contributed by atoms with Crippen molar-refractivity contribution in [1.82, 2.24) is 10.3 Å². The summed E-state index contributed by atoms with van der Waals surface area (Å²) in [7, 11) is 1.64. The van der Waals surface area contributed by atoms with Crippen LogP contribution in [-0.4, -0.2) is 24.5 Å². The van der Waals surface area contributed by atoms with E-state index in [0.717, 1.165) is 22.0 Å². The number of methoxy groups -OCH3 is 1. The summed E-state index contributed by atoms with van der Waals surface area (Å²) >= 11 is 1.55. The fourth-order valence-electron chi connectivity index (χ4n) is 1.62. The number of aromatic nitrogens is 1. The molecule has 0 radical (unpaired) electrons. The highest BCUT2D eigenvalue weighted by Crippen LogP contribution is 2.25. The molecule has 0 saturated heterocycles. The first kappa shape index (κ1) is 14.3. The number of thiazole rings is 1. The highest BCUT2D eigenvalue weighted by Gasteiger charge is 2.03. The van der Waals surface area contributed by atoms with Crippen molar-refractivity contribution in [2.45, 2.75) is 6.92 Å². The SMILES string of the molecule is CCNC(=O)C=Cc1csc(-c2ccc(OC)cc2)n1. The first-order chi connectivity index (χ1) is 9.72. The van der Waals surface area contributed by atoms with E-state index < -0.39 is 0 Å². The third-order valence-corrected chi connectivity index (χ3v) is 3.52. The largest absolute Gasteiger partial charge is 0.497 e. The third kappa shape index (κ3) is 3.68. The van der Waals surface area contributed by atoms with E-state index in [4.69, 9.17) is 4.74 Å². The summed E-state index contributed by atoms with van der Waals surface area (Å²) in [6.45, 7) is 2.51. The number of benzene rings is 1. The first-order valence-corrected chi connectivity index (χ1v) is 7.16. The molecular formula is C15H16N2O2S. The standard InChI is InChI=1S/C15H16N2O2S/c1-3-16-14(18)9-6-12-10-20-15(17-12)11-4-7-13(19-2)8-5-11/h4-10H,3H2,1-2H3,(H,16,18). The third-order valence-electron chi connectivity index (χ3n) is 2.62. The maximum atomic E-state index is 11.3. The lowest BCUT2D eigenvalue weighted by atomic mass is 10.2. The molecule has 2 aromatic rings. The Morgan fingerprint density at radius 2 is 2.15 bits per heavy atom. The van der Waals surface area contributed by atoms with Gasteiger partial charge in [-0.1, -0.05) is 0 Å². The molecule has 1 heterocycles. The van der Waals surface area contributed by atoms with Gasteiger partial charge < -0.3 is 10.1 Å². The Bertz CT molecular complexity index is 603. The highest BCUT2D eigenvalue weighted by atomic mass is 32.1. The normalized spacial score (nSPS) is 10.7. The molecule has 0 unspecified atom stereocenters. The minimum atomic E-state index is -0.105. The van der Waals surface area contributed by atoms with Gasteiger partial charge in [-0.05, 0) is 37.3 Å². The van der Waals surface area contributed by atoms with Gasteiger partial charge in [-0.15, -0.1) is 11.3 Å². The molecule has 5 heteroatoms. The summed E-state index contributed by atoms with van der Waals surface area (Å²) in [6, 6.07) is 7.74. The number of nitrogens with one attached hydrogen (secondary N) is 1. The van der Waals surface area contributed by atoms with Gasteiger partial charge in [0.15, 0.2) is 0 Å². The molecule has 1 aromatic heterocycles. The summed E-state index contributed by atoms with van der Waals surface area (Å²) in [5.41, 5.74) is 1.82. The van der Waals surface area contributed by atoms with Crippen molar-refractivity contribution in [3.05, 3.63) is 41.4 Å². The van der Waals surface area contributed by atoms with E-state index in [1.54, 1.807) is 24.5 Å². The maximum absolute atomic E-state index is 11.3. The highest BCUT2D eigenvalue weighted by molar-refractivity contribution is 7.13. The van der Waals surface area contributed by atoms with Crippen LogP contribution < -0.4 is 10.1 Å². The Morgan fingerprint density at radius 3 is 2.80 bits per heavy atom. The molecule has 1 aromatic carbocycles. The van der Waals surface area contributed by atoms with Gasteiger partial charge in [0.2, 0.25) is 5.91 Å². The van der Waals surface area contributed by atoms with Gasteiger partial charge in [0.05, 0.1) is 12.8 Å². The van der Waals surface area contributed by atoms with E-state index in [0.29, 0.717) is 6.54 Å². The van der Waals surface area contributed by atoms with Crippen LogP contribution in [0, 0.1) is 0 Å².